The van der Waals surface area contributed by atoms with Gasteiger partial charge in [0.05, 0.1) is 25.9 Å². The summed E-state index contributed by atoms with van der Waals surface area (Å²) in [7, 11) is 1.61. The van der Waals surface area contributed by atoms with Crippen LogP contribution in [0.5, 0.6) is 5.75 Å². The first kappa shape index (κ1) is 14.8. The molecule has 2 unspecified atom stereocenters. The van der Waals surface area contributed by atoms with Crippen molar-refractivity contribution >= 4 is 11.6 Å². The number of nitrogens with zero attached hydrogens (tertiary/aromatic N) is 1. The molecule has 1 aliphatic rings. The number of benzene rings is 1. The lowest BCUT2D eigenvalue weighted by Gasteiger charge is -2.34. The number of ether oxygens (including phenoxy) is 2. The van der Waals surface area contributed by atoms with E-state index >= 15 is 0 Å². The summed E-state index contributed by atoms with van der Waals surface area (Å²) in [5, 5.41) is 2.89. The molecule has 0 aromatic heterocycles. The van der Waals surface area contributed by atoms with Gasteiger partial charge in [-0.1, -0.05) is 6.07 Å². The Balaban J connectivity index is 1.88. The van der Waals surface area contributed by atoms with Crippen molar-refractivity contribution in [2.45, 2.75) is 26.1 Å². The molecule has 0 radical (unpaired) electrons. The van der Waals surface area contributed by atoms with Crippen molar-refractivity contribution in [1.82, 2.24) is 4.90 Å². The summed E-state index contributed by atoms with van der Waals surface area (Å²) in [4.78, 5) is 14.2. The second-order valence-corrected chi connectivity index (χ2v) is 5.23. The number of anilines is 1. The maximum atomic E-state index is 12.1. The minimum absolute atomic E-state index is 0.0143. The second-order valence-electron chi connectivity index (χ2n) is 5.23. The van der Waals surface area contributed by atoms with Crippen LogP contribution in [0.2, 0.25) is 0 Å². The lowest BCUT2D eigenvalue weighted by Crippen LogP contribution is -2.48. The van der Waals surface area contributed by atoms with E-state index in [2.05, 4.69) is 10.2 Å². The molecule has 0 bridgehead atoms. The lowest BCUT2D eigenvalue weighted by atomic mass is 10.2. The van der Waals surface area contributed by atoms with Gasteiger partial charge in [-0.2, -0.15) is 0 Å². The highest BCUT2D eigenvalue weighted by Crippen LogP contribution is 2.17. The van der Waals surface area contributed by atoms with Crippen LogP contribution in [0.15, 0.2) is 24.3 Å². The van der Waals surface area contributed by atoms with Gasteiger partial charge in [0.1, 0.15) is 5.75 Å². The Morgan fingerprint density at radius 2 is 2.10 bits per heavy atom. The summed E-state index contributed by atoms with van der Waals surface area (Å²) < 4.78 is 10.8. The molecule has 2 atom stereocenters. The molecule has 20 heavy (non-hydrogen) atoms. The molecule has 1 saturated heterocycles. The van der Waals surface area contributed by atoms with Crippen molar-refractivity contribution < 1.29 is 14.3 Å². The summed E-state index contributed by atoms with van der Waals surface area (Å²) in [5.41, 5.74) is 0.753. The Kier molecular flexibility index (Phi) is 4.98. The summed E-state index contributed by atoms with van der Waals surface area (Å²) in [6.45, 7) is 6.02. The molecule has 1 heterocycles. The number of amides is 1. The highest BCUT2D eigenvalue weighted by molar-refractivity contribution is 5.92. The summed E-state index contributed by atoms with van der Waals surface area (Å²) >= 11 is 0. The van der Waals surface area contributed by atoms with Crippen molar-refractivity contribution in [3.63, 3.8) is 0 Å². The quantitative estimate of drug-likeness (QED) is 0.911. The van der Waals surface area contributed by atoms with Gasteiger partial charge in [0.15, 0.2) is 0 Å². The van der Waals surface area contributed by atoms with E-state index in [4.69, 9.17) is 9.47 Å². The molecule has 0 spiro atoms. The molecule has 1 aliphatic heterocycles. The monoisotopic (exact) mass is 278 g/mol. The maximum absolute atomic E-state index is 12.1. The Bertz CT molecular complexity index is 454. The van der Waals surface area contributed by atoms with Crippen LogP contribution in [-0.2, 0) is 9.53 Å². The van der Waals surface area contributed by atoms with Crippen molar-refractivity contribution in [3.8, 4) is 5.75 Å². The zero-order chi connectivity index (χ0) is 14.5. The number of methoxy groups -OCH3 is 1. The first-order valence-corrected chi connectivity index (χ1v) is 6.88. The van der Waals surface area contributed by atoms with Crippen LogP contribution in [0, 0.1) is 0 Å². The molecule has 0 aliphatic carbocycles. The number of hydrogen-bond acceptors (Lipinski definition) is 4. The van der Waals surface area contributed by atoms with Gasteiger partial charge in [-0.25, -0.2) is 0 Å². The number of rotatable bonds is 4. The van der Waals surface area contributed by atoms with Crippen molar-refractivity contribution in [2.75, 3.05) is 32.1 Å². The Labute approximate surface area is 119 Å². The molecule has 1 aromatic rings. The van der Waals surface area contributed by atoms with Gasteiger partial charge in [-0.3, -0.25) is 9.69 Å². The zero-order valence-electron chi connectivity index (χ0n) is 12.3. The minimum Gasteiger partial charge on any atom is -0.497 e. The summed E-state index contributed by atoms with van der Waals surface area (Å²) in [5.74, 6) is 0.718. The summed E-state index contributed by atoms with van der Waals surface area (Å²) in [6, 6.07) is 7.36. The van der Waals surface area contributed by atoms with E-state index in [0.29, 0.717) is 6.54 Å². The third-order valence-electron chi connectivity index (χ3n) is 3.22. The number of nitrogens with one attached hydrogen (secondary N) is 1. The predicted octanol–water partition coefficient (Wildman–Crippen LogP) is 1.74. The molecule has 110 valence electrons. The van der Waals surface area contributed by atoms with E-state index in [1.54, 1.807) is 7.11 Å². The predicted molar refractivity (Wildman–Crippen MR) is 78.1 cm³/mol. The van der Waals surface area contributed by atoms with Crippen LogP contribution in [0.3, 0.4) is 0 Å². The Morgan fingerprint density at radius 1 is 1.40 bits per heavy atom. The van der Waals surface area contributed by atoms with Crippen molar-refractivity contribution in [2.24, 2.45) is 0 Å². The third kappa shape index (κ3) is 4.21. The van der Waals surface area contributed by atoms with Crippen LogP contribution < -0.4 is 10.1 Å². The van der Waals surface area contributed by atoms with E-state index in [1.165, 1.54) is 0 Å². The minimum atomic E-state index is -0.0143. The smallest absolute Gasteiger partial charge is 0.238 e. The molecule has 1 amide bonds. The first-order valence-electron chi connectivity index (χ1n) is 6.88. The van der Waals surface area contributed by atoms with E-state index < -0.39 is 0 Å². The number of carbonyl (C=O) groups excluding carboxylic acids is 1. The largest absolute Gasteiger partial charge is 0.497 e. The maximum Gasteiger partial charge on any atom is 0.238 e. The van der Waals surface area contributed by atoms with Gasteiger partial charge >= 0.3 is 0 Å². The fourth-order valence-electron chi connectivity index (χ4n) is 2.52. The molecule has 1 fully saturated rings. The molecule has 1 aromatic carbocycles. The van der Waals surface area contributed by atoms with E-state index in [9.17, 15) is 4.79 Å². The second kappa shape index (κ2) is 6.72. The molecule has 1 N–H and O–H groups in total. The molecule has 0 saturated carbocycles. The standard InChI is InChI=1S/C15H22N2O3/c1-11-8-17(9-12(2)20-11)10-15(18)16-13-5-4-6-14(7-13)19-3/h4-7,11-12H,8-10H2,1-3H3,(H,16,18). The molecular weight excluding hydrogens is 256 g/mol. The van der Waals surface area contributed by atoms with Crippen LogP contribution in [0.25, 0.3) is 0 Å². The van der Waals surface area contributed by atoms with E-state index in [-0.39, 0.29) is 18.1 Å². The van der Waals surface area contributed by atoms with Gasteiger partial charge in [-0.05, 0) is 26.0 Å². The van der Waals surface area contributed by atoms with Crippen molar-refractivity contribution in [1.29, 1.82) is 0 Å². The Morgan fingerprint density at radius 3 is 2.75 bits per heavy atom. The lowest BCUT2D eigenvalue weighted by molar-refractivity contribution is -0.121. The molecule has 2 rings (SSSR count). The number of hydrogen-bond donors (Lipinski definition) is 1. The molecular formula is C15H22N2O3. The van der Waals surface area contributed by atoms with Crippen LogP contribution in [-0.4, -0.2) is 49.8 Å². The van der Waals surface area contributed by atoms with Crippen molar-refractivity contribution in [3.05, 3.63) is 24.3 Å². The van der Waals surface area contributed by atoms with E-state index in [1.807, 2.05) is 38.1 Å². The SMILES string of the molecule is COc1cccc(NC(=O)CN2CC(C)OC(C)C2)c1. The van der Waals surface area contributed by atoms with Gasteiger partial charge in [-0.15, -0.1) is 0 Å². The number of morpholine rings is 1. The van der Waals surface area contributed by atoms with Crippen LogP contribution in [0.4, 0.5) is 5.69 Å². The van der Waals surface area contributed by atoms with Crippen LogP contribution >= 0.6 is 0 Å². The summed E-state index contributed by atoms with van der Waals surface area (Å²) in [6.07, 6.45) is 0.340. The Hall–Kier alpha value is -1.59. The van der Waals surface area contributed by atoms with Gasteiger partial charge in [0.25, 0.3) is 0 Å². The van der Waals surface area contributed by atoms with Gasteiger partial charge in [0, 0.05) is 24.8 Å². The average molecular weight is 278 g/mol. The highest BCUT2D eigenvalue weighted by Gasteiger charge is 2.23. The highest BCUT2D eigenvalue weighted by atomic mass is 16.5. The fourth-order valence-corrected chi connectivity index (χ4v) is 2.52. The first-order chi connectivity index (χ1) is 9.56. The van der Waals surface area contributed by atoms with E-state index in [0.717, 1.165) is 24.5 Å². The fraction of sp³-hybridized carbons (Fsp3) is 0.533. The molecule has 5 heteroatoms. The van der Waals surface area contributed by atoms with Gasteiger partial charge < -0.3 is 14.8 Å². The van der Waals surface area contributed by atoms with Gasteiger partial charge in [0.2, 0.25) is 5.91 Å². The average Bonchev–Trinajstić information content (AvgIpc) is 2.37. The molecule has 5 nitrogen and oxygen atoms in total. The normalized spacial score (nSPS) is 23.4. The number of carbonyl (C=O) groups is 1. The van der Waals surface area contributed by atoms with Crippen LogP contribution in [0.1, 0.15) is 13.8 Å². The zero-order valence-corrected chi connectivity index (χ0v) is 12.3. The third-order valence-corrected chi connectivity index (χ3v) is 3.22. The topological polar surface area (TPSA) is 50.8 Å².